The lowest BCUT2D eigenvalue weighted by Gasteiger charge is -2.14. The van der Waals surface area contributed by atoms with Crippen molar-refractivity contribution in [2.75, 3.05) is 19.0 Å². The smallest absolute Gasteiger partial charge is 0.259 e. The number of likely N-dealkylation sites (N-methyl/N-ethyl adjacent to an activating group) is 1. The van der Waals surface area contributed by atoms with E-state index in [0.717, 1.165) is 10.0 Å². The van der Waals surface area contributed by atoms with Gasteiger partial charge in [-0.05, 0) is 41.8 Å². The van der Waals surface area contributed by atoms with Crippen molar-refractivity contribution >= 4 is 33.4 Å². The highest BCUT2D eigenvalue weighted by molar-refractivity contribution is 9.10. The lowest BCUT2D eigenvalue weighted by Crippen LogP contribution is -2.20. The number of benzene rings is 2. The fourth-order valence-electron chi connectivity index (χ4n) is 2.24. The molecule has 2 amide bonds. The minimum atomic E-state index is -0.246. The van der Waals surface area contributed by atoms with Gasteiger partial charge in [-0.25, -0.2) is 0 Å². The van der Waals surface area contributed by atoms with E-state index in [-0.39, 0.29) is 11.8 Å². The van der Waals surface area contributed by atoms with Gasteiger partial charge in [0.2, 0.25) is 5.91 Å². The number of hydrogen-bond donors (Lipinski definition) is 2. The third-order valence-corrected chi connectivity index (χ3v) is 4.11. The van der Waals surface area contributed by atoms with Crippen LogP contribution < -0.4 is 15.4 Å². The van der Waals surface area contributed by atoms with Gasteiger partial charge in [0.05, 0.1) is 18.6 Å². The first-order chi connectivity index (χ1) is 12.4. The normalized spacial score (nSPS) is 10.5. The number of anilines is 1. The summed E-state index contributed by atoms with van der Waals surface area (Å²) >= 11 is 3.40. The predicted octanol–water partition coefficient (Wildman–Crippen LogP) is 4.02. The Morgan fingerprint density at radius 2 is 1.81 bits per heavy atom. The minimum absolute atomic E-state index is 0.0529. The van der Waals surface area contributed by atoms with Gasteiger partial charge in [0.15, 0.2) is 0 Å². The Labute approximate surface area is 162 Å². The van der Waals surface area contributed by atoms with Crippen LogP contribution in [0, 0.1) is 5.92 Å². The summed E-state index contributed by atoms with van der Waals surface area (Å²) in [7, 11) is 1.61. The fraction of sp³-hybridized carbons (Fsp3) is 0.300. The summed E-state index contributed by atoms with van der Waals surface area (Å²) in [5, 5.41) is 5.45. The molecule has 0 unspecified atom stereocenters. The molecule has 0 saturated carbocycles. The molecule has 0 heterocycles. The average Bonchev–Trinajstić information content (AvgIpc) is 2.62. The first-order valence-electron chi connectivity index (χ1n) is 8.42. The number of carbonyl (C=O) groups excluding carboxylic acids is 2. The quantitative estimate of drug-likeness (QED) is 0.713. The maximum Gasteiger partial charge on any atom is 0.259 e. The molecule has 0 aliphatic heterocycles. The Hall–Kier alpha value is -2.34. The standard InChI is InChI=1S/C20H23BrN2O3/c1-13(2)12-26-18-9-6-15(21)11-17(18)20(25)23-16-7-4-14(5-8-16)10-19(24)22-3/h4-9,11,13H,10,12H2,1-3H3,(H,22,24)(H,23,25). The van der Waals surface area contributed by atoms with Gasteiger partial charge in [-0.2, -0.15) is 0 Å². The number of amides is 2. The van der Waals surface area contributed by atoms with E-state index in [0.29, 0.717) is 35.9 Å². The number of nitrogens with one attached hydrogen (secondary N) is 2. The number of ether oxygens (including phenoxy) is 1. The summed E-state index contributed by atoms with van der Waals surface area (Å²) < 4.78 is 6.57. The zero-order valence-electron chi connectivity index (χ0n) is 15.1. The molecule has 0 aliphatic rings. The van der Waals surface area contributed by atoms with Crippen LogP contribution in [0.1, 0.15) is 29.8 Å². The number of hydrogen-bond acceptors (Lipinski definition) is 3. The Morgan fingerprint density at radius 1 is 1.12 bits per heavy atom. The van der Waals surface area contributed by atoms with Gasteiger partial charge in [-0.3, -0.25) is 9.59 Å². The molecule has 0 saturated heterocycles. The van der Waals surface area contributed by atoms with Crippen molar-refractivity contribution in [1.29, 1.82) is 0 Å². The topological polar surface area (TPSA) is 67.4 Å². The van der Waals surface area contributed by atoms with Gasteiger partial charge in [0.25, 0.3) is 5.91 Å². The molecule has 0 fully saturated rings. The second kappa shape index (κ2) is 9.38. The summed E-state index contributed by atoms with van der Waals surface area (Å²) in [5.41, 5.74) is 2.01. The molecule has 0 atom stereocenters. The Bertz CT molecular complexity index is 773. The summed E-state index contributed by atoms with van der Waals surface area (Å²) in [6.45, 7) is 4.65. The van der Waals surface area contributed by atoms with Crippen LogP contribution in [-0.2, 0) is 11.2 Å². The highest BCUT2D eigenvalue weighted by Crippen LogP contribution is 2.25. The van der Waals surface area contributed by atoms with Crippen molar-refractivity contribution in [2.45, 2.75) is 20.3 Å². The highest BCUT2D eigenvalue weighted by Gasteiger charge is 2.14. The van der Waals surface area contributed by atoms with E-state index in [4.69, 9.17) is 4.74 Å². The van der Waals surface area contributed by atoms with Crippen molar-refractivity contribution in [3.63, 3.8) is 0 Å². The fourth-order valence-corrected chi connectivity index (χ4v) is 2.60. The summed E-state index contributed by atoms with van der Waals surface area (Å²) in [6.07, 6.45) is 0.309. The van der Waals surface area contributed by atoms with E-state index in [1.54, 1.807) is 31.3 Å². The third kappa shape index (κ3) is 5.88. The number of carbonyl (C=O) groups is 2. The maximum absolute atomic E-state index is 12.7. The predicted molar refractivity (Wildman–Crippen MR) is 107 cm³/mol. The van der Waals surface area contributed by atoms with Crippen LogP contribution in [0.5, 0.6) is 5.75 Å². The summed E-state index contributed by atoms with van der Waals surface area (Å²) in [6, 6.07) is 12.6. The van der Waals surface area contributed by atoms with Gasteiger partial charge >= 0.3 is 0 Å². The lowest BCUT2D eigenvalue weighted by molar-refractivity contribution is -0.119. The van der Waals surface area contributed by atoms with E-state index >= 15 is 0 Å². The molecular weight excluding hydrogens is 396 g/mol. The van der Waals surface area contributed by atoms with Gasteiger partial charge in [-0.1, -0.05) is 41.9 Å². The molecule has 26 heavy (non-hydrogen) atoms. The molecule has 2 aromatic rings. The zero-order chi connectivity index (χ0) is 19.1. The molecule has 2 N–H and O–H groups in total. The van der Waals surface area contributed by atoms with Crippen LogP contribution >= 0.6 is 15.9 Å². The largest absolute Gasteiger partial charge is 0.492 e. The molecule has 0 spiro atoms. The van der Waals surface area contributed by atoms with Gasteiger partial charge in [0.1, 0.15) is 5.75 Å². The third-order valence-electron chi connectivity index (χ3n) is 3.61. The summed E-state index contributed by atoms with van der Waals surface area (Å²) in [4.78, 5) is 24.1. The molecule has 0 radical (unpaired) electrons. The van der Waals surface area contributed by atoms with E-state index in [1.807, 2.05) is 18.2 Å². The number of halogens is 1. The first kappa shape index (κ1) is 20.0. The molecule has 2 aromatic carbocycles. The minimum Gasteiger partial charge on any atom is -0.492 e. The zero-order valence-corrected chi connectivity index (χ0v) is 16.7. The van der Waals surface area contributed by atoms with Crippen LogP contribution in [0.15, 0.2) is 46.9 Å². The summed E-state index contributed by atoms with van der Waals surface area (Å²) in [5.74, 6) is 0.616. The van der Waals surface area contributed by atoms with Gasteiger partial charge < -0.3 is 15.4 Å². The van der Waals surface area contributed by atoms with E-state index < -0.39 is 0 Å². The van der Waals surface area contributed by atoms with Gasteiger partial charge in [0, 0.05) is 17.2 Å². The highest BCUT2D eigenvalue weighted by atomic mass is 79.9. The van der Waals surface area contributed by atoms with Crippen molar-refractivity contribution in [3.8, 4) is 5.75 Å². The first-order valence-corrected chi connectivity index (χ1v) is 9.21. The van der Waals surface area contributed by atoms with Crippen LogP contribution in [-0.4, -0.2) is 25.5 Å². The average molecular weight is 419 g/mol. The second-order valence-corrected chi connectivity index (χ2v) is 7.26. The maximum atomic E-state index is 12.7. The lowest BCUT2D eigenvalue weighted by atomic mass is 10.1. The van der Waals surface area contributed by atoms with E-state index in [1.165, 1.54) is 0 Å². The molecule has 5 nitrogen and oxygen atoms in total. The van der Waals surface area contributed by atoms with Gasteiger partial charge in [-0.15, -0.1) is 0 Å². The molecular formula is C20H23BrN2O3. The molecule has 0 bridgehead atoms. The van der Waals surface area contributed by atoms with Crippen LogP contribution in [0.2, 0.25) is 0 Å². The molecule has 6 heteroatoms. The van der Waals surface area contributed by atoms with E-state index in [2.05, 4.69) is 40.4 Å². The monoisotopic (exact) mass is 418 g/mol. The van der Waals surface area contributed by atoms with Crippen molar-refractivity contribution in [3.05, 3.63) is 58.1 Å². The van der Waals surface area contributed by atoms with Crippen LogP contribution in [0.25, 0.3) is 0 Å². The molecule has 0 aliphatic carbocycles. The van der Waals surface area contributed by atoms with Crippen LogP contribution in [0.4, 0.5) is 5.69 Å². The van der Waals surface area contributed by atoms with Crippen molar-refractivity contribution in [2.24, 2.45) is 5.92 Å². The molecule has 2 rings (SSSR count). The Morgan fingerprint density at radius 3 is 2.42 bits per heavy atom. The van der Waals surface area contributed by atoms with Crippen molar-refractivity contribution in [1.82, 2.24) is 5.32 Å². The Balaban J connectivity index is 2.11. The van der Waals surface area contributed by atoms with E-state index in [9.17, 15) is 9.59 Å². The van der Waals surface area contributed by atoms with Crippen molar-refractivity contribution < 1.29 is 14.3 Å². The SMILES string of the molecule is CNC(=O)Cc1ccc(NC(=O)c2cc(Br)ccc2OCC(C)C)cc1. The Kier molecular flexibility index (Phi) is 7.21. The molecule has 138 valence electrons. The molecule has 0 aromatic heterocycles. The second-order valence-electron chi connectivity index (χ2n) is 6.35. The van der Waals surface area contributed by atoms with Crippen LogP contribution in [0.3, 0.4) is 0 Å². The number of rotatable bonds is 7.